The molecule has 0 aromatic rings. The Kier molecular flexibility index (Phi) is 5.05. The van der Waals surface area contributed by atoms with Gasteiger partial charge in [-0.25, -0.2) is 0 Å². The molecule has 0 bridgehead atoms. The standard InChI is InChI=1S/C17H31NO/c1-14-7-6-10-17(11-14,13-19)12-18(3)16-9-5-4-8-15(16)2/h13-16H,4-12H2,1-3H3. The van der Waals surface area contributed by atoms with E-state index in [1.54, 1.807) is 0 Å². The van der Waals surface area contributed by atoms with Crippen LogP contribution in [-0.4, -0.2) is 30.8 Å². The van der Waals surface area contributed by atoms with Crippen molar-refractivity contribution in [3.63, 3.8) is 0 Å². The minimum absolute atomic E-state index is 0.0520. The third-order valence-corrected chi connectivity index (χ3v) is 5.57. The third kappa shape index (κ3) is 3.59. The topological polar surface area (TPSA) is 20.3 Å². The highest BCUT2D eigenvalue weighted by Gasteiger charge is 2.37. The summed E-state index contributed by atoms with van der Waals surface area (Å²) in [4.78, 5) is 14.2. The average Bonchev–Trinajstić information content (AvgIpc) is 2.39. The fourth-order valence-corrected chi connectivity index (χ4v) is 4.55. The van der Waals surface area contributed by atoms with E-state index in [0.717, 1.165) is 31.2 Å². The lowest BCUT2D eigenvalue weighted by Crippen LogP contribution is -2.47. The summed E-state index contributed by atoms with van der Waals surface area (Å²) in [6, 6.07) is 0.697. The monoisotopic (exact) mass is 265 g/mol. The zero-order valence-electron chi connectivity index (χ0n) is 13.0. The van der Waals surface area contributed by atoms with Crippen molar-refractivity contribution >= 4 is 6.29 Å². The molecule has 0 aliphatic heterocycles. The van der Waals surface area contributed by atoms with Crippen LogP contribution in [0.2, 0.25) is 0 Å². The molecule has 0 radical (unpaired) electrons. The average molecular weight is 265 g/mol. The summed E-state index contributed by atoms with van der Waals surface area (Å²) in [5, 5.41) is 0. The van der Waals surface area contributed by atoms with Gasteiger partial charge in [-0.15, -0.1) is 0 Å². The molecule has 0 saturated heterocycles. The highest BCUT2D eigenvalue weighted by Crippen LogP contribution is 2.39. The Hall–Kier alpha value is -0.370. The van der Waals surface area contributed by atoms with E-state index in [2.05, 4.69) is 25.8 Å². The number of hydrogen-bond acceptors (Lipinski definition) is 2. The summed E-state index contributed by atoms with van der Waals surface area (Å²) in [7, 11) is 2.25. The van der Waals surface area contributed by atoms with Crippen LogP contribution < -0.4 is 0 Å². The number of hydrogen-bond donors (Lipinski definition) is 0. The lowest BCUT2D eigenvalue weighted by molar-refractivity contribution is -0.120. The summed E-state index contributed by atoms with van der Waals surface area (Å²) in [5.74, 6) is 1.51. The molecule has 2 nitrogen and oxygen atoms in total. The minimum atomic E-state index is -0.0520. The van der Waals surface area contributed by atoms with Crippen molar-refractivity contribution in [2.45, 2.75) is 71.3 Å². The smallest absolute Gasteiger partial charge is 0.127 e. The summed E-state index contributed by atoms with van der Waals surface area (Å²) in [5.41, 5.74) is -0.0520. The van der Waals surface area contributed by atoms with Crippen LogP contribution in [0.3, 0.4) is 0 Å². The molecular formula is C17H31NO. The lowest BCUT2D eigenvalue weighted by Gasteiger charge is -2.43. The summed E-state index contributed by atoms with van der Waals surface area (Å²) >= 11 is 0. The molecule has 2 rings (SSSR count). The zero-order valence-corrected chi connectivity index (χ0v) is 13.0. The Morgan fingerprint density at radius 3 is 2.53 bits per heavy atom. The maximum atomic E-state index is 11.7. The molecule has 2 aliphatic rings. The van der Waals surface area contributed by atoms with Gasteiger partial charge in [-0.2, -0.15) is 0 Å². The van der Waals surface area contributed by atoms with Crippen LogP contribution in [0, 0.1) is 17.3 Å². The molecule has 0 amide bonds. The Labute approximate surface area is 118 Å². The molecule has 0 heterocycles. The molecule has 2 heteroatoms. The Morgan fingerprint density at radius 1 is 1.16 bits per heavy atom. The van der Waals surface area contributed by atoms with Crippen molar-refractivity contribution < 1.29 is 4.79 Å². The van der Waals surface area contributed by atoms with E-state index in [4.69, 9.17) is 0 Å². The SMILES string of the molecule is CC1CCCC(C=O)(CN(C)C2CCCCC2C)C1. The van der Waals surface area contributed by atoms with Crippen LogP contribution in [0.1, 0.15) is 65.2 Å². The largest absolute Gasteiger partial charge is 0.303 e. The molecule has 0 aromatic heterocycles. The fourth-order valence-electron chi connectivity index (χ4n) is 4.55. The van der Waals surface area contributed by atoms with E-state index in [1.165, 1.54) is 44.8 Å². The molecular weight excluding hydrogens is 234 g/mol. The molecule has 19 heavy (non-hydrogen) atoms. The van der Waals surface area contributed by atoms with Gasteiger partial charge in [0.1, 0.15) is 6.29 Å². The first-order chi connectivity index (χ1) is 9.06. The number of nitrogens with zero attached hydrogens (tertiary/aromatic N) is 1. The van der Waals surface area contributed by atoms with Crippen LogP contribution in [-0.2, 0) is 4.79 Å². The van der Waals surface area contributed by atoms with E-state index < -0.39 is 0 Å². The van der Waals surface area contributed by atoms with Gasteiger partial charge >= 0.3 is 0 Å². The molecule has 0 N–H and O–H groups in total. The van der Waals surface area contributed by atoms with Crippen LogP contribution >= 0.6 is 0 Å². The number of rotatable bonds is 4. The van der Waals surface area contributed by atoms with E-state index in [9.17, 15) is 4.79 Å². The van der Waals surface area contributed by atoms with Crippen molar-refractivity contribution in [1.29, 1.82) is 0 Å². The minimum Gasteiger partial charge on any atom is -0.303 e. The quantitative estimate of drug-likeness (QED) is 0.719. The summed E-state index contributed by atoms with van der Waals surface area (Å²) < 4.78 is 0. The van der Waals surface area contributed by atoms with Crippen molar-refractivity contribution in [2.24, 2.45) is 17.3 Å². The van der Waals surface area contributed by atoms with Gasteiger partial charge in [-0.1, -0.05) is 39.5 Å². The Balaban J connectivity index is 1.98. The maximum absolute atomic E-state index is 11.7. The Morgan fingerprint density at radius 2 is 1.89 bits per heavy atom. The first-order valence-electron chi connectivity index (χ1n) is 8.23. The third-order valence-electron chi connectivity index (χ3n) is 5.57. The maximum Gasteiger partial charge on any atom is 0.127 e. The van der Waals surface area contributed by atoms with Crippen LogP contribution in [0.4, 0.5) is 0 Å². The Bertz CT molecular complexity index is 304. The van der Waals surface area contributed by atoms with Gasteiger partial charge in [0.05, 0.1) is 0 Å². The molecule has 2 saturated carbocycles. The lowest BCUT2D eigenvalue weighted by atomic mass is 9.70. The summed E-state index contributed by atoms with van der Waals surface area (Å²) in [6.45, 7) is 5.67. The van der Waals surface area contributed by atoms with E-state index in [-0.39, 0.29) is 5.41 Å². The van der Waals surface area contributed by atoms with Crippen LogP contribution in [0.5, 0.6) is 0 Å². The van der Waals surface area contributed by atoms with E-state index in [0.29, 0.717) is 6.04 Å². The highest BCUT2D eigenvalue weighted by atomic mass is 16.1. The fraction of sp³-hybridized carbons (Fsp3) is 0.941. The number of aldehydes is 1. The number of carbonyl (C=O) groups is 1. The van der Waals surface area contributed by atoms with Gasteiger partial charge < -0.3 is 9.69 Å². The predicted octanol–water partition coefficient (Wildman–Crippen LogP) is 3.89. The van der Waals surface area contributed by atoms with Gasteiger partial charge in [0.15, 0.2) is 0 Å². The van der Waals surface area contributed by atoms with Gasteiger partial charge in [-0.3, -0.25) is 0 Å². The van der Waals surface area contributed by atoms with Crippen molar-refractivity contribution in [2.75, 3.05) is 13.6 Å². The highest BCUT2D eigenvalue weighted by molar-refractivity contribution is 5.60. The molecule has 110 valence electrons. The number of carbonyl (C=O) groups excluding carboxylic acids is 1. The molecule has 4 atom stereocenters. The van der Waals surface area contributed by atoms with Gasteiger partial charge in [0.25, 0.3) is 0 Å². The predicted molar refractivity (Wildman–Crippen MR) is 80.2 cm³/mol. The molecule has 2 aliphatic carbocycles. The second-order valence-corrected chi connectivity index (χ2v) is 7.43. The van der Waals surface area contributed by atoms with Crippen molar-refractivity contribution in [3.8, 4) is 0 Å². The second kappa shape index (κ2) is 6.39. The van der Waals surface area contributed by atoms with E-state index in [1.807, 2.05) is 0 Å². The molecule has 2 fully saturated rings. The van der Waals surface area contributed by atoms with Crippen molar-refractivity contribution in [3.05, 3.63) is 0 Å². The zero-order chi connectivity index (χ0) is 13.9. The summed E-state index contributed by atoms with van der Waals surface area (Å²) in [6.07, 6.45) is 11.5. The van der Waals surface area contributed by atoms with Crippen LogP contribution in [0.15, 0.2) is 0 Å². The molecule has 4 unspecified atom stereocenters. The molecule has 0 spiro atoms. The van der Waals surface area contributed by atoms with Gasteiger partial charge in [-0.05, 0) is 44.6 Å². The first kappa shape index (κ1) is 15.0. The van der Waals surface area contributed by atoms with Crippen LogP contribution in [0.25, 0.3) is 0 Å². The van der Waals surface area contributed by atoms with E-state index >= 15 is 0 Å². The second-order valence-electron chi connectivity index (χ2n) is 7.43. The van der Waals surface area contributed by atoms with Gasteiger partial charge in [0.2, 0.25) is 0 Å². The first-order valence-corrected chi connectivity index (χ1v) is 8.23. The van der Waals surface area contributed by atoms with Crippen molar-refractivity contribution in [1.82, 2.24) is 4.90 Å². The molecule has 0 aromatic carbocycles. The normalized spacial score (nSPS) is 40.3. The van der Waals surface area contributed by atoms with Gasteiger partial charge in [0, 0.05) is 18.0 Å².